The number of carbonyl (C=O) groups is 1. The molecule has 0 heterocycles. The number of rotatable bonds is 6. The molecule has 0 aromatic heterocycles. The Morgan fingerprint density at radius 2 is 2.14 bits per heavy atom. The predicted molar refractivity (Wildman–Crippen MR) is 57.1 cm³/mol. The zero-order valence-corrected chi connectivity index (χ0v) is 9.43. The van der Waals surface area contributed by atoms with Crippen molar-refractivity contribution >= 4 is 6.09 Å². The highest BCUT2D eigenvalue weighted by molar-refractivity contribution is 5.67. The lowest BCUT2D eigenvalue weighted by Crippen LogP contribution is -2.34. The molecule has 0 saturated heterocycles. The topological polar surface area (TPSA) is 64.3 Å². The summed E-state index contributed by atoms with van der Waals surface area (Å²) >= 11 is 0. The van der Waals surface area contributed by atoms with Crippen molar-refractivity contribution in [3.8, 4) is 0 Å². The molecule has 3 N–H and O–H groups in total. The van der Waals surface area contributed by atoms with Gasteiger partial charge in [-0.1, -0.05) is 13.8 Å². The summed E-state index contributed by atoms with van der Waals surface area (Å²) in [5.41, 5.74) is 5.52. The third kappa shape index (κ3) is 6.71. The molecule has 0 unspecified atom stereocenters. The summed E-state index contributed by atoms with van der Waals surface area (Å²) in [7, 11) is 0. The van der Waals surface area contributed by atoms with Crippen LogP contribution in [0.2, 0.25) is 0 Å². The zero-order chi connectivity index (χ0) is 11.0. The Hall–Kier alpha value is -0.770. The molecule has 0 aromatic carbocycles. The second-order valence-electron chi connectivity index (χ2n) is 4.13. The molecule has 0 aromatic rings. The number of hydrogen-bond acceptors (Lipinski definition) is 3. The van der Waals surface area contributed by atoms with E-state index in [0.717, 1.165) is 12.8 Å². The maximum atomic E-state index is 11.0. The lowest BCUT2D eigenvalue weighted by atomic mass is 9.88. The third-order valence-electron chi connectivity index (χ3n) is 2.04. The van der Waals surface area contributed by atoms with E-state index in [9.17, 15) is 4.79 Å². The van der Waals surface area contributed by atoms with E-state index in [2.05, 4.69) is 19.2 Å². The highest BCUT2D eigenvalue weighted by Crippen LogP contribution is 2.20. The highest BCUT2D eigenvalue weighted by atomic mass is 16.5. The second kappa shape index (κ2) is 6.65. The van der Waals surface area contributed by atoms with Crippen LogP contribution >= 0.6 is 0 Å². The Kier molecular flexibility index (Phi) is 6.28. The summed E-state index contributed by atoms with van der Waals surface area (Å²) in [6.07, 6.45) is 1.65. The van der Waals surface area contributed by atoms with Crippen molar-refractivity contribution in [2.45, 2.75) is 33.6 Å². The molecule has 14 heavy (non-hydrogen) atoms. The van der Waals surface area contributed by atoms with Crippen LogP contribution in [0.15, 0.2) is 0 Å². The fourth-order valence-corrected chi connectivity index (χ4v) is 1.16. The van der Waals surface area contributed by atoms with Crippen molar-refractivity contribution < 1.29 is 9.53 Å². The van der Waals surface area contributed by atoms with Gasteiger partial charge in [-0.2, -0.15) is 0 Å². The fourth-order valence-electron chi connectivity index (χ4n) is 1.16. The zero-order valence-electron chi connectivity index (χ0n) is 9.43. The Balaban J connectivity index is 3.68. The summed E-state index contributed by atoms with van der Waals surface area (Å²) in [4.78, 5) is 11.0. The van der Waals surface area contributed by atoms with Gasteiger partial charge in [0.1, 0.15) is 0 Å². The van der Waals surface area contributed by atoms with E-state index in [1.807, 2.05) is 0 Å². The maximum Gasteiger partial charge on any atom is 0.407 e. The van der Waals surface area contributed by atoms with E-state index >= 15 is 0 Å². The number of nitrogens with two attached hydrogens (primary N) is 1. The van der Waals surface area contributed by atoms with Crippen LogP contribution in [0.3, 0.4) is 0 Å². The van der Waals surface area contributed by atoms with Crippen molar-refractivity contribution in [1.82, 2.24) is 5.32 Å². The van der Waals surface area contributed by atoms with Crippen LogP contribution in [0, 0.1) is 5.41 Å². The van der Waals surface area contributed by atoms with Crippen LogP contribution in [-0.4, -0.2) is 25.8 Å². The standard InChI is InChI=1S/C10H22N2O2/c1-4-14-9(13)12-8-10(2,3)6-5-7-11/h4-8,11H2,1-3H3,(H,12,13). The van der Waals surface area contributed by atoms with Gasteiger partial charge in [0.25, 0.3) is 0 Å². The number of alkyl carbamates (subject to hydrolysis) is 1. The quantitative estimate of drug-likeness (QED) is 0.686. The van der Waals surface area contributed by atoms with Gasteiger partial charge in [0.15, 0.2) is 0 Å². The molecule has 0 aliphatic carbocycles. The molecule has 0 saturated carbocycles. The molecule has 0 atom stereocenters. The summed E-state index contributed by atoms with van der Waals surface area (Å²) in [5, 5.41) is 2.73. The van der Waals surface area contributed by atoms with E-state index in [1.54, 1.807) is 6.92 Å². The van der Waals surface area contributed by atoms with Gasteiger partial charge in [-0.3, -0.25) is 0 Å². The van der Waals surface area contributed by atoms with Gasteiger partial charge in [0.05, 0.1) is 6.61 Å². The summed E-state index contributed by atoms with van der Waals surface area (Å²) in [6, 6.07) is 0. The molecule has 0 spiro atoms. The number of carbonyl (C=O) groups excluding carboxylic acids is 1. The Bertz CT molecular complexity index is 170. The minimum absolute atomic E-state index is 0.0894. The van der Waals surface area contributed by atoms with Crippen molar-refractivity contribution in [1.29, 1.82) is 0 Å². The van der Waals surface area contributed by atoms with Gasteiger partial charge in [0, 0.05) is 6.54 Å². The summed E-state index contributed by atoms with van der Waals surface area (Å²) in [5.74, 6) is 0. The molecule has 84 valence electrons. The minimum Gasteiger partial charge on any atom is -0.450 e. The van der Waals surface area contributed by atoms with Gasteiger partial charge in [0.2, 0.25) is 0 Å². The van der Waals surface area contributed by atoms with Crippen molar-refractivity contribution in [2.75, 3.05) is 19.7 Å². The first-order valence-electron chi connectivity index (χ1n) is 5.12. The number of ether oxygens (including phenoxy) is 1. The van der Waals surface area contributed by atoms with Gasteiger partial charge < -0.3 is 15.8 Å². The van der Waals surface area contributed by atoms with Crippen molar-refractivity contribution in [3.05, 3.63) is 0 Å². The van der Waals surface area contributed by atoms with Crippen LogP contribution in [0.4, 0.5) is 4.79 Å². The molecule has 0 rings (SSSR count). The first-order chi connectivity index (χ1) is 6.52. The Morgan fingerprint density at radius 3 is 2.64 bits per heavy atom. The van der Waals surface area contributed by atoms with Crippen LogP contribution in [0.5, 0.6) is 0 Å². The molecule has 0 fully saturated rings. The van der Waals surface area contributed by atoms with E-state index in [4.69, 9.17) is 10.5 Å². The molecule has 4 heteroatoms. The average Bonchev–Trinajstić information content (AvgIpc) is 2.13. The van der Waals surface area contributed by atoms with E-state index in [-0.39, 0.29) is 11.5 Å². The first-order valence-corrected chi connectivity index (χ1v) is 5.12. The van der Waals surface area contributed by atoms with Gasteiger partial charge >= 0.3 is 6.09 Å². The number of amides is 1. The third-order valence-corrected chi connectivity index (χ3v) is 2.04. The molecule has 0 aliphatic heterocycles. The average molecular weight is 202 g/mol. The van der Waals surface area contributed by atoms with E-state index in [1.165, 1.54) is 0 Å². The van der Waals surface area contributed by atoms with E-state index < -0.39 is 0 Å². The molecular weight excluding hydrogens is 180 g/mol. The van der Waals surface area contributed by atoms with Crippen LogP contribution < -0.4 is 11.1 Å². The lowest BCUT2D eigenvalue weighted by Gasteiger charge is -2.24. The smallest absolute Gasteiger partial charge is 0.407 e. The maximum absolute atomic E-state index is 11.0. The summed E-state index contributed by atoms with van der Waals surface area (Å²) < 4.78 is 4.77. The Labute approximate surface area is 86.2 Å². The molecule has 0 aliphatic rings. The van der Waals surface area contributed by atoms with Crippen LogP contribution in [0.25, 0.3) is 0 Å². The summed E-state index contributed by atoms with van der Waals surface area (Å²) in [6.45, 7) is 7.74. The molecule has 0 bridgehead atoms. The minimum atomic E-state index is -0.340. The second-order valence-corrected chi connectivity index (χ2v) is 4.13. The lowest BCUT2D eigenvalue weighted by molar-refractivity contribution is 0.146. The van der Waals surface area contributed by atoms with Crippen molar-refractivity contribution in [2.24, 2.45) is 11.1 Å². The SMILES string of the molecule is CCOC(=O)NCC(C)(C)CCCN. The molecule has 0 radical (unpaired) electrons. The highest BCUT2D eigenvalue weighted by Gasteiger charge is 2.18. The number of hydrogen-bond donors (Lipinski definition) is 2. The first kappa shape index (κ1) is 13.2. The van der Waals surface area contributed by atoms with Gasteiger partial charge in [-0.15, -0.1) is 0 Å². The predicted octanol–water partition coefficient (Wildman–Crippen LogP) is 1.50. The largest absolute Gasteiger partial charge is 0.450 e. The van der Waals surface area contributed by atoms with Crippen LogP contribution in [0.1, 0.15) is 33.6 Å². The molecular formula is C10H22N2O2. The van der Waals surface area contributed by atoms with Gasteiger partial charge in [-0.25, -0.2) is 4.79 Å². The molecule has 1 amide bonds. The fraction of sp³-hybridized carbons (Fsp3) is 0.900. The Morgan fingerprint density at radius 1 is 1.50 bits per heavy atom. The monoisotopic (exact) mass is 202 g/mol. The molecule has 4 nitrogen and oxygen atoms in total. The van der Waals surface area contributed by atoms with Gasteiger partial charge in [-0.05, 0) is 31.7 Å². The number of nitrogens with one attached hydrogen (secondary N) is 1. The van der Waals surface area contributed by atoms with Crippen molar-refractivity contribution in [3.63, 3.8) is 0 Å². The van der Waals surface area contributed by atoms with Crippen LogP contribution in [-0.2, 0) is 4.74 Å². The normalized spacial score (nSPS) is 11.1. The van der Waals surface area contributed by atoms with E-state index in [0.29, 0.717) is 19.7 Å².